The van der Waals surface area contributed by atoms with Crippen LogP contribution >= 0.6 is 0 Å². The maximum atomic E-state index is 13.5. The fourth-order valence-corrected chi connectivity index (χ4v) is 4.35. The number of anilines is 1. The van der Waals surface area contributed by atoms with Gasteiger partial charge in [0, 0.05) is 5.69 Å². The van der Waals surface area contributed by atoms with Gasteiger partial charge >= 0.3 is 5.63 Å². The van der Waals surface area contributed by atoms with Gasteiger partial charge in [0.1, 0.15) is 22.8 Å². The van der Waals surface area contributed by atoms with E-state index in [0.717, 1.165) is 11.3 Å². The minimum absolute atomic E-state index is 0.333. The Kier molecular flexibility index (Phi) is 6.38. The summed E-state index contributed by atoms with van der Waals surface area (Å²) in [4.78, 5) is 26.6. The minimum atomic E-state index is -0.974. The molecule has 0 saturated heterocycles. The Morgan fingerprint density at radius 3 is 2.36 bits per heavy atom. The lowest BCUT2D eigenvalue weighted by Crippen LogP contribution is -2.35. The summed E-state index contributed by atoms with van der Waals surface area (Å²) in [6.45, 7) is 4.75. The average Bonchev–Trinajstić information content (AvgIpc) is 3.30. The third-order valence-electron chi connectivity index (χ3n) is 6.10. The summed E-state index contributed by atoms with van der Waals surface area (Å²) in [5.74, 6) is 1.14. The van der Waals surface area contributed by atoms with E-state index in [2.05, 4.69) is 19.2 Å². The SMILES string of the molecule is COc1ccc(NC(=O)C2Oc3c(c(=O)oc4ccccc34)C2c2ccc(OCC(C)C)cc2)cc1. The number of methoxy groups -OCH3 is 1. The monoisotopic (exact) mass is 485 g/mol. The number of hydrogen-bond acceptors (Lipinski definition) is 6. The Balaban J connectivity index is 1.53. The van der Waals surface area contributed by atoms with Crippen molar-refractivity contribution in [3.8, 4) is 17.2 Å². The van der Waals surface area contributed by atoms with Crippen LogP contribution in [0.15, 0.2) is 82.0 Å². The largest absolute Gasteiger partial charge is 0.497 e. The quantitative estimate of drug-likeness (QED) is 0.354. The standard InChI is InChI=1S/C29H27NO6/c1-17(2)16-34-21-12-8-18(9-13-21)24-25-26(22-6-4-5-7-23(22)35-29(25)32)36-27(24)28(31)30-19-10-14-20(33-3)15-11-19/h4-15,17,24,27H,16H2,1-3H3,(H,30,31). The van der Waals surface area contributed by atoms with Gasteiger partial charge in [-0.3, -0.25) is 4.79 Å². The zero-order valence-electron chi connectivity index (χ0n) is 20.3. The molecule has 7 nitrogen and oxygen atoms in total. The number of para-hydroxylation sites is 1. The maximum absolute atomic E-state index is 13.5. The van der Waals surface area contributed by atoms with Gasteiger partial charge < -0.3 is 23.9 Å². The number of carbonyl (C=O) groups excluding carboxylic acids is 1. The van der Waals surface area contributed by atoms with Crippen molar-refractivity contribution in [2.45, 2.75) is 25.9 Å². The highest BCUT2D eigenvalue weighted by atomic mass is 16.5. The molecule has 1 aliphatic heterocycles. The van der Waals surface area contributed by atoms with Crippen molar-refractivity contribution < 1.29 is 23.4 Å². The van der Waals surface area contributed by atoms with Gasteiger partial charge in [0.05, 0.1) is 30.6 Å². The number of ether oxygens (including phenoxy) is 3. The van der Waals surface area contributed by atoms with Gasteiger partial charge in [-0.1, -0.05) is 38.1 Å². The van der Waals surface area contributed by atoms with E-state index in [-0.39, 0.29) is 5.91 Å². The van der Waals surface area contributed by atoms with Crippen LogP contribution in [0.25, 0.3) is 11.0 Å². The van der Waals surface area contributed by atoms with Crippen molar-refractivity contribution in [1.82, 2.24) is 0 Å². The van der Waals surface area contributed by atoms with Gasteiger partial charge in [0.2, 0.25) is 0 Å². The van der Waals surface area contributed by atoms with Crippen molar-refractivity contribution in [2.75, 3.05) is 19.0 Å². The molecule has 0 spiro atoms. The fraction of sp³-hybridized carbons (Fsp3) is 0.241. The molecule has 3 aromatic carbocycles. The van der Waals surface area contributed by atoms with Gasteiger partial charge in [-0.05, 0) is 60.0 Å². The summed E-state index contributed by atoms with van der Waals surface area (Å²) in [5, 5.41) is 3.55. The number of amides is 1. The first kappa shape index (κ1) is 23.5. The Labute approximate surface area is 208 Å². The maximum Gasteiger partial charge on any atom is 0.344 e. The highest BCUT2D eigenvalue weighted by Gasteiger charge is 2.44. The molecule has 184 valence electrons. The number of carbonyl (C=O) groups is 1. The topological polar surface area (TPSA) is 87.0 Å². The van der Waals surface area contributed by atoms with Gasteiger partial charge in [-0.2, -0.15) is 0 Å². The molecule has 1 aliphatic rings. The van der Waals surface area contributed by atoms with Crippen molar-refractivity contribution in [3.05, 3.63) is 94.3 Å². The molecule has 4 aromatic rings. The summed E-state index contributed by atoms with van der Waals surface area (Å²) in [5.41, 5.74) is 1.57. The number of nitrogens with one attached hydrogen (secondary N) is 1. The Hall–Kier alpha value is -4.26. The molecular weight excluding hydrogens is 458 g/mol. The number of benzene rings is 3. The predicted octanol–water partition coefficient (Wildman–Crippen LogP) is 5.37. The third-order valence-corrected chi connectivity index (χ3v) is 6.10. The molecule has 36 heavy (non-hydrogen) atoms. The highest BCUT2D eigenvalue weighted by molar-refractivity contribution is 5.97. The molecule has 2 heterocycles. The summed E-state index contributed by atoms with van der Waals surface area (Å²) in [6.07, 6.45) is -0.974. The molecule has 1 amide bonds. The van der Waals surface area contributed by atoms with E-state index in [9.17, 15) is 9.59 Å². The Morgan fingerprint density at radius 1 is 0.972 bits per heavy atom. The van der Waals surface area contributed by atoms with E-state index < -0.39 is 17.6 Å². The Bertz CT molecular complexity index is 1440. The van der Waals surface area contributed by atoms with E-state index in [0.29, 0.717) is 46.2 Å². The summed E-state index contributed by atoms with van der Waals surface area (Å²) in [7, 11) is 1.58. The molecule has 0 radical (unpaired) electrons. The van der Waals surface area contributed by atoms with Crippen LogP contribution in [-0.2, 0) is 4.79 Å². The third kappa shape index (κ3) is 4.52. The summed E-state index contributed by atoms with van der Waals surface area (Å²) >= 11 is 0. The number of rotatable bonds is 7. The molecule has 0 aliphatic carbocycles. The second-order valence-corrected chi connectivity index (χ2v) is 9.14. The van der Waals surface area contributed by atoms with Crippen LogP contribution in [0.3, 0.4) is 0 Å². The minimum Gasteiger partial charge on any atom is -0.497 e. The van der Waals surface area contributed by atoms with Crippen LogP contribution in [0.1, 0.15) is 30.9 Å². The van der Waals surface area contributed by atoms with Crippen LogP contribution in [0.2, 0.25) is 0 Å². The summed E-state index contributed by atoms with van der Waals surface area (Å²) < 4.78 is 22.8. The van der Waals surface area contributed by atoms with Gasteiger partial charge in [0.15, 0.2) is 6.10 Å². The lowest BCUT2D eigenvalue weighted by molar-refractivity contribution is -0.122. The van der Waals surface area contributed by atoms with Crippen molar-refractivity contribution >= 4 is 22.6 Å². The summed E-state index contributed by atoms with van der Waals surface area (Å²) in [6, 6.07) is 21.6. The first-order valence-electron chi connectivity index (χ1n) is 11.8. The van der Waals surface area contributed by atoms with E-state index >= 15 is 0 Å². The lowest BCUT2D eigenvalue weighted by atomic mass is 9.88. The van der Waals surface area contributed by atoms with Crippen LogP contribution in [0, 0.1) is 5.92 Å². The molecule has 1 N–H and O–H groups in total. The molecule has 2 atom stereocenters. The van der Waals surface area contributed by atoms with Crippen molar-refractivity contribution in [1.29, 1.82) is 0 Å². The smallest absolute Gasteiger partial charge is 0.344 e. The predicted molar refractivity (Wildman–Crippen MR) is 137 cm³/mol. The first-order chi connectivity index (χ1) is 17.4. The normalized spacial score (nSPS) is 16.4. The molecule has 2 unspecified atom stereocenters. The molecule has 5 rings (SSSR count). The van der Waals surface area contributed by atoms with Crippen molar-refractivity contribution in [2.24, 2.45) is 5.92 Å². The lowest BCUT2D eigenvalue weighted by Gasteiger charge is -2.19. The second kappa shape index (κ2) is 9.77. The molecule has 0 fully saturated rings. The van der Waals surface area contributed by atoms with E-state index in [1.807, 2.05) is 36.4 Å². The average molecular weight is 486 g/mol. The number of hydrogen-bond donors (Lipinski definition) is 1. The van der Waals surface area contributed by atoms with Crippen LogP contribution in [0.5, 0.6) is 17.2 Å². The Morgan fingerprint density at radius 2 is 1.67 bits per heavy atom. The van der Waals surface area contributed by atoms with Gasteiger partial charge in [0.25, 0.3) is 5.91 Å². The van der Waals surface area contributed by atoms with Gasteiger partial charge in [-0.15, -0.1) is 0 Å². The van der Waals surface area contributed by atoms with Crippen LogP contribution in [0.4, 0.5) is 5.69 Å². The van der Waals surface area contributed by atoms with Crippen LogP contribution in [-0.4, -0.2) is 25.7 Å². The van der Waals surface area contributed by atoms with E-state index in [1.54, 1.807) is 43.5 Å². The van der Waals surface area contributed by atoms with E-state index in [1.165, 1.54) is 0 Å². The molecule has 0 bridgehead atoms. The molecule has 7 heteroatoms. The molecule has 1 aromatic heterocycles. The van der Waals surface area contributed by atoms with Crippen molar-refractivity contribution in [3.63, 3.8) is 0 Å². The second-order valence-electron chi connectivity index (χ2n) is 9.14. The van der Waals surface area contributed by atoms with E-state index in [4.69, 9.17) is 18.6 Å². The van der Waals surface area contributed by atoms with Crippen LogP contribution < -0.4 is 25.2 Å². The first-order valence-corrected chi connectivity index (χ1v) is 11.8. The number of fused-ring (bicyclic) bond motifs is 3. The zero-order chi connectivity index (χ0) is 25.2. The highest BCUT2D eigenvalue weighted by Crippen LogP contribution is 2.44. The zero-order valence-corrected chi connectivity index (χ0v) is 20.3. The fourth-order valence-electron chi connectivity index (χ4n) is 4.35. The molecule has 0 saturated carbocycles. The van der Waals surface area contributed by atoms with Gasteiger partial charge in [-0.25, -0.2) is 4.79 Å². The molecular formula is C29H27NO6.